The van der Waals surface area contributed by atoms with Gasteiger partial charge in [-0.3, -0.25) is 4.99 Å². The van der Waals surface area contributed by atoms with Crippen molar-refractivity contribution >= 4 is 35.8 Å². The average Bonchev–Trinajstić information content (AvgIpc) is 3.45. The van der Waals surface area contributed by atoms with Crippen LogP contribution in [0.1, 0.15) is 35.6 Å². The number of hydrogen-bond donors (Lipinski definition) is 2. The van der Waals surface area contributed by atoms with Gasteiger partial charge in [0, 0.05) is 32.6 Å². The van der Waals surface area contributed by atoms with Crippen LogP contribution in [-0.4, -0.2) is 47.3 Å². The molecule has 1 saturated heterocycles. The highest BCUT2D eigenvalue weighted by molar-refractivity contribution is 14.0. The highest BCUT2D eigenvalue weighted by Gasteiger charge is 2.25. The SMILES string of the molecule is CN=C(NCCCc1nn(-c2ccccc2)c(N)c1C#N)N1CCC(c2ccccc2)C1.I. The summed E-state index contributed by atoms with van der Waals surface area (Å²) in [6, 6.07) is 22.6. The van der Waals surface area contributed by atoms with Gasteiger partial charge in [-0.25, -0.2) is 4.68 Å². The number of hydrogen-bond acceptors (Lipinski definition) is 4. The second-order valence-corrected chi connectivity index (χ2v) is 7.99. The molecule has 2 aromatic carbocycles. The largest absolute Gasteiger partial charge is 0.382 e. The zero-order chi connectivity index (χ0) is 22.3. The molecule has 0 aliphatic carbocycles. The van der Waals surface area contributed by atoms with Gasteiger partial charge in [-0.1, -0.05) is 48.5 Å². The minimum atomic E-state index is 0. The van der Waals surface area contributed by atoms with E-state index in [1.165, 1.54) is 5.56 Å². The molecule has 3 N–H and O–H groups in total. The number of benzene rings is 2. The fourth-order valence-electron chi connectivity index (χ4n) is 4.28. The number of nitrogens with zero attached hydrogens (tertiary/aromatic N) is 5. The highest BCUT2D eigenvalue weighted by Crippen LogP contribution is 2.27. The third-order valence-electron chi connectivity index (χ3n) is 5.95. The molecule has 0 amide bonds. The van der Waals surface area contributed by atoms with Crippen LogP contribution in [0.3, 0.4) is 0 Å². The summed E-state index contributed by atoms with van der Waals surface area (Å²) in [5, 5.41) is 17.7. The maximum absolute atomic E-state index is 9.58. The molecule has 33 heavy (non-hydrogen) atoms. The summed E-state index contributed by atoms with van der Waals surface area (Å²) in [5.74, 6) is 1.86. The molecular formula is C25H30IN7. The lowest BCUT2D eigenvalue weighted by Crippen LogP contribution is -2.40. The topological polar surface area (TPSA) is 95.3 Å². The van der Waals surface area contributed by atoms with E-state index in [-0.39, 0.29) is 24.0 Å². The average molecular weight is 555 g/mol. The van der Waals surface area contributed by atoms with Crippen LogP contribution in [0.4, 0.5) is 5.82 Å². The van der Waals surface area contributed by atoms with Crippen molar-refractivity contribution in [3.05, 3.63) is 77.5 Å². The Bertz CT molecular complexity index is 1100. The molecule has 1 atom stereocenters. The van der Waals surface area contributed by atoms with Gasteiger partial charge in [0.1, 0.15) is 17.5 Å². The Kier molecular flexibility index (Phi) is 8.72. The Morgan fingerprint density at radius 2 is 1.88 bits per heavy atom. The Morgan fingerprint density at radius 3 is 2.55 bits per heavy atom. The standard InChI is InChI=1S/C25H29N7.HI/c1-28-25(31-16-14-20(18-31)19-9-4-2-5-10-19)29-15-8-13-23-22(17-26)24(27)32(30-23)21-11-6-3-7-12-21;/h2-7,9-12,20H,8,13-16,18,27H2,1H3,(H,28,29);1H. The Hall–Kier alpha value is -3.06. The minimum absolute atomic E-state index is 0. The molecule has 7 nitrogen and oxygen atoms in total. The number of guanidine groups is 1. The Labute approximate surface area is 212 Å². The van der Waals surface area contributed by atoms with Crippen LogP contribution in [0.15, 0.2) is 65.7 Å². The minimum Gasteiger partial charge on any atom is -0.382 e. The first-order chi connectivity index (χ1) is 15.7. The number of nitriles is 1. The van der Waals surface area contributed by atoms with Crippen molar-refractivity contribution in [2.75, 3.05) is 32.4 Å². The lowest BCUT2D eigenvalue weighted by molar-refractivity contribution is 0.484. The lowest BCUT2D eigenvalue weighted by Gasteiger charge is -2.21. The van der Waals surface area contributed by atoms with Crippen molar-refractivity contribution in [1.82, 2.24) is 20.0 Å². The van der Waals surface area contributed by atoms with Crippen molar-refractivity contribution in [3.63, 3.8) is 0 Å². The summed E-state index contributed by atoms with van der Waals surface area (Å²) in [4.78, 5) is 6.79. The number of likely N-dealkylation sites (tertiary alicyclic amines) is 1. The fourth-order valence-corrected chi connectivity index (χ4v) is 4.28. The summed E-state index contributed by atoms with van der Waals surface area (Å²) >= 11 is 0. The summed E-state index contributed by atoms with van der Waals surface area (Å²) in [5.41, 5.74) is 9.64. The molecule has 0 bridgehead atoms. The van der Waals surface area contributed by atoms with Gasteiger partial charge in [-0.2, -0.15) is 10.4 Å². The molecule has 2 heterocycles. The number of nitrogen functional groups attached to an aromatic ring is 1. The molecule has 1 aliphatic rings. The molecule has 1 fully saturated rings. The molecule has 0 spiro atoms. The first-order valence-electron chi connectivity index (χ1n) is 11.0. The van der Waals surface area contributed by atoms with Gasteiger partial charge < -0.3 is 16.0 Å². The van der Waals surface area contributed by atoms with E-state index in [1.54, 1.807) is 4.68 Å². The van der Waals surface area contributed by atoms with Gasteiger partial charge in [-0.15, -0.1) is 24.0 Å². The third-order valence-corrected chi connectivity index (χ3v) is 5.95. The quantitative estimate of drug-likeness (QED) is 0.208. The van der Waals surface area contributed by atoms with Crippen molar-refractivity contribution in [1.29, 1.82) is 5.26 Å². The van der Waals surface area contributed by atoms with Gasteiger partial charge in [0.2, 0.25) is 0 Å². The Balaban J connectivity index is 0.00000306. The molecule has 1 aliphatic heterocycles. The number of aliphatic imine (C=N–C) groups is 1. The number of aromatic nitrogens is 2. The van der Waals surface area contributed by atoms with E-state index in [0.29, 0.717) is 23.7 Å². The number of aryl methyl sites for hydroxylation is 1. The van der Waals surface area contributed by atoms with E-state index in [2.05, 4.69) is 56.7 Å². The first-order valence-corrected chi connectivity index (χ1v) is 11.0. The Morgan fingerprint density at radius 1 is 1.18 bits per heavy atom. The van der Waals surface area contributed by atoms with Crippen LogP contribution in [0.25, 0.3) is 5.69 Å². The molecular weight excluding hydrogens is 525 g/mol. The normalized spacial score (nSPS) is 15.7. The number of nitrogens with one attached hydrogen (secondary N) is 1. The van der Waals surface area contributed by atoms with E-state index in [4.69, 9.17) is 5.73 Å². The van der Waals surface area contributed by atoms with E-state index < -0.39 is 0 Å². The van der Waals surface area contributed by atoms with E-state index in [0.717, 1.165) is 49.8 Å². The van der Waals surface area contributed by atoms with Crippen molar-refractivity contribution in [3.8, 4) is 11.8 Å². The van der Waals surface area contributed by atoms with Crippen LogP contribution in [0.5, 0.6) is 0 Å². The maximum atomic E-state index is 9.58. The summed E-state index contributed by atoms with van der Waals surface area (Å²) in [7, 11) is 1.83. The number of nitrogens with two attached hydrogens (primary N) is 1. The predicted octanol–water partition coefficient (Wildman–Crippen LogP) is 3.94. The predicted molar refractivity (Wildman–Crippen MR) is 143 cm³/mol. The van der Waals surface area contributed by atoms with Crippen molar-refractivity contribution in [2.24, 2.45) is 4.99 Å². The van der Waals surface area contributed by atoms with Crippen LogP contribution in [-0.2, 0) is 6.42 Å². The van der Waals surface area contributed by atoms with Gasteiger partial charge >= 0.3 is 0 Å². The molecule has 3 aromatic rings. The van der Waals surface area contributed by atoms with E-state index >= 15 is 0 Å². The number of para-hydroxylation sites is 1. The van der Waals surface area contributed by atoms with Gasteiger partial charge in [0.05, 0.1) is 11.4 Å². The van der Waals surface area contributed by atoms with Gasteiger partial charge in [0.25, 0.3) is 0 Å². The van der Waals surface area contributed by atoms with Crippen LogP contribution in [0, 0.1) is 11.3 Å². The third kappa shape index (κ3) is 5.66. The molecule has 0 radical (unpaired) electrons. The molecule has 1 unspecified atom stereocenters. The molecule has 4 rings (SSSR count). The number of rotatable bonds is 6. The molecule has 0 saturated carbocycles. The van der Waals surface area contributed by atoms with Crippen molar-refractivity contribution < 1.29 is 0 Å². The van der Waals surface area contributed by atoms with E-state index in [9.17, 15) is 5.26 Å². The number of anilines is 1. The van der Waals surface area contributed by atoms with Gasteiger partial charge in [-0.05, 0) is 37.0 Å². The van der Waals surface area contributed by atoms with Crippen LogP contribution in [0.2, 0.25) is 0 Å². The molecule has 172 valence electrons. The second-order valence-electron chi connectivity index (χ2n) is 7.99. The summed E-state index contributed by atoms with van der Waals surface area (Å²) < 4.78 is 1.65. The maximum Gasteiger partial charge on any atom is 0.193 e. The smallest absolute Gasteiger partial charge is 0.193 e. The first kappa shape index (κ1) is 24.6. The second kappa shape index (κ2) is 11.7. The zero-order valence-corrected chi connectivity index (χ0v) is 21.1. The molecule has 8 heteroatoms. The van der Waals surface area contributed by atoms with Crippen LogP contribution >= 0.6 is 24.0 Å². The number of halogens is 1. The fraction of sp³-hybridized carbons (Fsp3) is 0.320. The van der Waals surface area contributed by atoms with E-state index in [1.807, 2.05) is 37.4 Å². The lowest BCUT2D eigenvalue weighted by atomic mass is 9.99. The summed E-state index contributed by atoms with van der Waals surface area (Å²) in [6.45, 7) is 2.72. The highest BCUT2D eigenvalue weighted by atomic mass is 127. The van der Waals surface area contributed by atoms with Crippen molar-refractivity contribution in [2.45, 2.75) is 25.2 Å². The van der Waals surface area contributed by atoms with Gasteiger partial charge in [0.15, 0.2) is 5.96 Å². The molecule has 1 aromatic heterocycles. The monoisotopic (exact) mass is 555 g/mol. The zero-order valence-electron chi connectivity index (χ0n) is 18.8. The van der Waals surface area contributed by atoms with Crippen LogP contribution < -0.4 is 11.1 Å². The summed E-state index contributed by atoms with van der Waals surface area (Å²) in [6.07, 6.45) is 2.63.